The Labute approximate surface area is 231 Å². The molecule has 0 amide bonds. The zero-order valence-corrected chi connectivity index (χ0v) is 22.7. The Morgan fingerprint density at radius 1 is 1.00 bits per heavy atom. The standard InChI is InChI=1S/C28H33N5O7/c1-15-7-5-6-8-17(15)18(16-9-19(36-2)25(38-4)20(10-16)37-3)11-39-12-21-23(34)24(35)28(40-21)33-14-32-22-26(29)30-13-31-27(22)33/h5-10,13-14,18,21,23-24,28,34-35H,11-12H2,1-4H3,(H2,29,30,31)/t18?,21-,23-,24-,28-/m1/s1. The van der Waals surface area contributed by atoms with E-state index in [1.165, 1.54) is 17.2 Å². The van der Waals surface area contributed by atoms with E-state index in [0.29, 0.717) is 28.4 Å². The summed E-state index contributed by atoms with van der Waals surface area (Å²) < 4.78 is 30.4. The number of fused-ring (bicyclic) bond motifs is 1. The van der Waals surface area contributed by atoms with Gasteiger partial charge in [-0.3, -0.25) is 4.57 Å². The SMILES string of the molecule is COc1cc(C(COC[C@H]2O[C@@H](n3cnc4c(N)ncnc43)[C@H](O)[C@@H]2O)c2ccccc2C)cc(OC)c1OC. The Balaban J connectivity index is 1.37. The maximum Gasteiger partial charge on any atom is 0.203 e. The van der Waals surface area contributed by atoms with Crippen molar-refractivity contribution >= 4 is 17.0 Å². The summed E-state index contributed by atoms with van der Waals surface area (Å²) in [4.78, 5) is 12.4. The quantitative estimate of drug-likeness (QED) is 0.265. The maximum atomic E-state index is 10.8. The van der Waals surface area contributed by atoms with E-state index < -0.39 is 24.5 Å². The molecule has 12 heteroatoms. The Hall–Kier alpha value is -3.97. The van der Waals surface area contributed by atoms with Gasteiger partial charge < -0.3 is 39.6 Å². The highest BCUT2D eigenvalue weighted by atomic mass is 16.6. The van der Waals surface area contributed by atoms with Crippen molar-refractivity contribution in [3.05, 3.63) is 65.7 Å². The van der Waals surface area contributed by atoms with Gasteiger partial charge in [-0.15, -0.1) is 0 Å². The number of imidazole rings is 1. The molecule has 4 aromatic rings. The number of nitrogens with two attached hydrogens (primary N) is 1. The van der Waals surface area contributed by atoms with Crippen LogP contribution >= 0.6 is 0 Å². The first-order valence-corrected chi connectivity index (χ1v) is 12.8. The number of nitrogen functional groups attached to an aromatic ring is 1. The topological polar surface area (TPSA) is 156 Å². The molecule has 0 radical (unpaired) electrons. The molecule has 4 N–H and O–H groups in total. The molecule has 0 spiro atoms. The number of anilines is 1. The van der Waals surface area contributed by atoms with Gasteiger partial charge in [0.05, 0.1) is 40.9 Å². The predicted molar refractivity (Wildman–Crippen MR) is 146 cm³/mol. The molecule has 0 saturated carbocycles. The number of hydrogen-bond acceptors (Lipinski definition) is 11. The van der Waals surface area contributed by atoms with E-state index in [1.54, 1.807) is 21.3 Å². The first-order chi connectivity index (χ1) is 19.4. The van der Waals surface area contributed by atoms with Crippen molar-refractivity contribution < 1.29 is 33.9 Å². The Bertz CT molecular complexity index is 1450. The van der Waals surface area contributed by atoms with Crippen LogP contribution in [0, 0.1) is 6.92 Å². The van der Waals surface area contributed by atoms with Gasteiger partial charge in [-0.25, -0.2) is 15.0 Å². The van der Waals surface area contributed by atoms with Gasteiger partial charge in [0, 0.05) is 5.92 Å². The van der Waals surface area contributed by atoms with Gasteiger partial charge in [0.2, 0.25) is 5.75 Å². The summed E-state index contributed by atoms with van der Waals surface area (Å²) >= 11 is 0. The van der Waals surface area contributed by atoms with Gasteiger partial charge in [0.25, 0.3) is 0 Å². The van der Waals surface area contributed by atoms with Crippen LogP contribution in [0.2, 0.25) is 0 Å². The highest BCUT2D eigenvalue weighted by Gasteiger charge is 2.44. The van der Waals surface area contributed by atoms with E-state index in [0.717, 1.165) is 16.7 Å². The van der Waals surface area contributed by atoms with E-state index in [2.05, 4.69) is 15.0 Å². The van der Waals surface area contributed by atoms with Crippen LogP contribution in [0.4, 0.5) is 5.82 Å². The first-order valence-electron chi connectivity index (χ1n) is 12.8. The van der Waals surface area contributed by atoms with Crippen LogP contribution in [-0.2, 0) is 9.47 Å². The number of benzene rings is 2. The van der Waals surface area contributed by atoms with E-state index in [1.807, 2.05) is 43.3 Å². The average Bonchev–Trinajstić information content (AvgIpc) is 3.52. The van der Waals surface area contributed by atoms with Crippen molar-refractivity contribution in [2.75, 3.05) is 40.3 Å². The molecule has 3 heterocycles. The number of nitrogens with zero attached hydrogens (tertiary/aromatic N) is 4. The monoisotopic (exact) mass is 551 g/mol. The van der Waals surface area contributed by atoms with E-state index in [4.69, 9.17) is 29.4 Å². The van der Waals surface area contributed by atoms with Crippen LogP contribution in [0.25, 0.3) is 11.2 Å². The molecule has 40 heavy (non-hydrogen) atoms. The lowest BCUT2D eigenvalue weighted by molar-refractivity contribution is -0.0661. The smallest absolute Gasteiger partial charge is 0.203 e. The third-order valence-corrected chi connectivity index (χ3v) is 7.22. The fourth-order valence-corrected chi connectivity index (χ4v) is 5.10. The second-order valence-corrected chi connectivity index (χ2v) is 9.53. The molecule has 1 fully saturated rings. The molecule has 5 rings (SSSR count). The van der Waals surface area contributed by atoms with Crippen molar-refractivity contribution in [3.8, 4) is 17.2 Å². The van der Waals surface area contributed by atoms with Gasteiger partial charge in [-0.2, -0.15) is 0 Å². The molecule has 12 nitrogen and oxygen atoms in total. The van der Waals surface area contributed by atoms with Gasteiger partial charge in [-0.05, 0) is 35.7 Å². The second-order valence-electron chi connectivity index (χ2n) is 9.53. The highest BCUT2D eigenvalue weighted by Crippen LogP contribution is 2.42. The number of methoxy groups -OCH3 is 3. The molecular formula is C28H33N5O7. The third kappa shape index (κ3) is 5.02. The molecule has 1 unspecified atom stereocenters. The number of ether oxygens (including phenoxy) is 5. The second kappa shape index (κ2) is 11.6. The molecule has 2 aromatic heterocycles. The lowest BCUT2D eigenvalue weighted by Gasteiger charge is -2.24. The molecule has 0 bridgehead atoms. The molecule has 2 aromatic carbocycles. The van der Waals surface area contributed by atoms with Gasteiger partial charge >= 0.3 is 0 Å². The summed E-state index contributed by atoms with van der Waals surface area (Å²) in [5, 5.41) is 21.6. The Kier molecular flexibility index (Phi) is 8.03. The van der Waals surface area contributed by atoms with Gasteiger partial charge in [-0.1, -0.05) is 24.3 Å². The normalized spacial score (nSPS) is 21.4. The van der Waals surface area contributed by atoms with Gasteiger partial charge in [0.15, 0.2) is 29.2 Å². The largest absolute Gasteiger partial charge is 0.493 e. The lowest BCUT2D eigenvalue weighted by Crippen LogP contribution is -2.34. The Morgan fingerprint density at radius 2 is 1.73 bits per heavy atom. The van der Waals surface area contributed by atoms with Crippen LogP contribution in [0.3, 0.4) is 0 Å². The predicted octanol–water partition coefficient (Wildman–Crippen LogP) is 2.21. The first kappa shape index (κ1) is 27.6. The van der Waals surface area contributed by atoms with Crippen molar-refractivity contribution in [1.29, 1.82) is 0 Å². The molecule has 0 aliphatic carbocycles. The molecule has 212 valence electrons. The van der Waals surface area contributed by atoms with Crippen LogP contribution in [0.5, 0.6) is 17.2 Å². The van der Waals surface area contributed by atoms with E-state index in [9.17, 15) is 10.2 Å². The maximum absolute atomic E-state index is 10.8. The number of rotatable bonds is 10. The van der Waals surface area contributed by atoms with Crippen LogP contribution in [0.1, 0.15) is 28.8 Å². The zero-order valence-electron chi connectivity index (χ0n) is 22.7. The number of aliphatic hydroxyl groups excluding tert-OH is 2. The summed E-state index contributed by atoms with van der Waals surface area (Å²) in [7, 11) is 4.71. The molecule has 1 aliphatic rings. The molecule has 1 saturated heterocycles. The fraction of sp³-hybridized carbons (Fsp3) is 0.393. The fourth-order valence-electron chi connectivity index (χ4n) is 5.10. The number of aliphatic hydroxyl groups is 2. The minimum Gasteiger partial charge on any atom is -0.493 e. The van der Waals surface area contributed by atoms with Crippen LogP contribution in [-0.4, -0.2) is 82.6 Å². The molecular weight excluding hydrogens is 518 g/mol. The zero-order chi connectivity index (χ0) is 28.4. The summed E-state index contributed by atoms with van der Waals surface area (Å²) in [6.07, 6.45) is -1.38. The van der Waals surface area contributed by atoms with Crippen LogP contribution in [0.15, 0.2) is 49.1 Å². The minimum absolute atomic E-state index is 0.0330. The van der Waals surface area contributed by atoms with Crippen molar-refractivity contribution in [2.45, 2.75) is 37.4 Å². The van der Waals surface area contributed by atoms with Crippen molar-refractivity contribution in [2.24, 2.45) is 0 Å². The summed E-state index contributed by atoms with van der Waals surface area (Å²) in [6.45, 7) is 2.33. The van der Waals surface area contributed by atoms with Crippen LogP contribution < -0.4 is 19.9 Å². The van der Waals surface area contributed by atoms with E-state index >= 15 is 0 Å². The number of aromatic nitrogens is 4. The molecule has 5 atom stereocenters. The van der Waals surface area contributed by atoms with Crippen molar-refractivity contribution in [1.82, 2.24) is 19.5 Å². The molecule has 1 aliphatic heterocycles. The highest BCUT2D eigenvalue weighted by molar-refractivity contribution is 5.81. The third-order valence-electron chi connectivity index (χ3n) is 7.22. The number of hydrogen-bond donors (Lipinski definition) is 3. The van der Waals surface area contributed by atoms with Gasteiger partial charge in [0.1, 0.15) is 30.2 Å². The summed E-state index contributed by atoms with van der Waals surface area (Å²) in [5.41, 5.74) is 9.72. The Morgan fingerprint density at radius 3 is 2.40 bits per heavy atom. The van der Waals surface area contributed by atoms with Crippen molar-refractivity contribution in [3.63, 3.8) is 0 Å². The number of aryl methyl sites for hydroxylation is 1. The van der Waals surface area contributed by atoms with E-state index in [-0.39, 0.29) is 24.9 Å². The summed E-state index contributed by atoms with van der Waals surface area (Å²) in [6, 6.07) is 11.8. The minimum atomic E-state index is -1.23. The summed E-state index contributed by atoms with van der Waals surface area (Å²) in [5.74, 6) is 1.58. The lowest BCUT2D eigenvalue weighted by atomic mass is 9.88. The average molecular weight is 552 g/mol.